The summed E-state index contributed by atoms with van der Waals surface area (Å²) >= 11 is 0. The number of hydrogen-bond donors (Lipinski definition) is 3. The van der Waals surface area contributed by atoms with Gasteiger partial charge in [0, 0.05) is 0 Å². The van der Waals surface area contributed by atoms with Crippen LogP contribution in [0, 0.1) is 10.1 Å². The lowest BCUT2D eigenvalue weighted by molar-refractivity contribution is -0.670. The molecule has 0 aromatic heterocycles. The highest BCUT2D eigenvalue weighted by molar-refractivity contribution is 4.83. The van der Waals surface area contributed by atoms with Crippen molar-refractivity contribution >= 4 is 0 Å². The Kier molecular flexibility index (Phi) is 3.87. The lowest BCUT2D eigenvalue weighted by Crippen LogP contribution is -2.57. The van der Waals surface area contributed by atoms with Crippen molar-refractivity contribution in [2.75, 3.05) is 26.9 Å². The third-order valence-corrected chi connectivity index (χ3v) is 1.81. The van der Waals surface area contributed by atoms with Crippen LogP contribution in [0.15, 0.2) is 0 Å². The first-order valence-electron chi connectivity index (χ1n) is 3.25. The van der Waals surface area contributed by atoms with Crippen LogP contribution in [-0.4, -0.2) is 57.8 Å². The van der Waals surface area contributed by atoms with Gasteiger partial charge in [0.15, 0.2) is 10.6 Å². The van der Waals surface area contributed by atoms with Crippen LogP contribution in [0.2, 0.25) is 0 Å². The minimum absolute atomic E-state index is 0.493. The van der Waals surface area contributed by atoms with Crippen LogP contribution in [0.3, 0.4) is 0 Å². The second-order valence-corrected chi connectivity index (χ2v) is 2.46. The van der Waals surface area contributed by atoms with Gasteiger partial charge in [-0.2, -0.15) is 0 Å². The van der Waals surface area contributed by atoms with E-state index >= 15 is 0 Å². The molecule has 0 unspecified atom stereocenters. The Hall–Kier alpha value is -0.920. The second kappa shape index (κ2) is 4.19. The van der Waals surface area contributed by atoms with Crippen LogP contribution in [0.1, 0.15) is 0 Å². The Morgan fingerprint density at radius 1 is 1.33 bits per heavy atom. The molecular formula is C5H12N2O5. The number of likely N-dealkylation sites (N-methyl/N-ethyl adjacent to an activating group) is 1. The van der Waals surface area contributed by atoms with E-state index in [0.29, 0.717) is 5.01 Å². The largest absolute Gasteiger partial charge is 0.394 e. The van der Waals surface area contributed by atoms with Crippen LogP contribution in [0.4, 0.5) is 0 Å². The third kappa shape index (κ3) is 1.81. The Morgan fingerprint density at radius 3 is 1.75 bits per heavy atom. The molecule has 0 saturated heterocycles. The first-order chi connectivity index (χ1) is 5.54. The van der Waals surface area contributed by atoms with Crippen LogP contribution < -0.4 is 0 Å². The van der Waals surface area contributed by atoms with Crippen LogP contribution in [0.25, 0.3) is 0 Å². The standard InChI is InChI=1S/C5H12N2O5/c1-6(7(11)12)5(2-8,3-9)4-10/h8-10H,2-4H2,1H3. The fraction of sp³-hybridized carbons (Fsp3) is 1.00. The molecule has 0 aliphatic rings. The van der Waals surface area contributed by atoms with Crippen molar-refractivity contribution in [3.05, 3.63) is 10.1 Å². The summed E-state index contributed by atoms with van der Waals surface area (Å²) in [7, 11) is 1.07. The maximum absolute atomic E-state index is 10.2. The molecule has 3 N–H and O–H groups in total. The highest BCUT2D eigenvalue weighted by Crippen LogP contribution is 2.11. The number of nitrogens with zero attached hydrogens (tertiary/aromatic N) is 2. The van der Waals surface area contributed by atoms with Gasteiger partial charge in [-0.1, -0.05) is 0 Å². The predicted molar refractivity (Wildman–Crippen MR) is 38.7 cm³/mol. The van der Waals surface area contributed by atoms with E-state index in [1.807, 2.05) is 0 Å². The summed E-state index contributed by atoms with van der Waals surface area (Å²) in [6.07, 6.45) is 0. The molecule has 0 bridgehead atoms. The SMILES string of the molecule is CN([N+](=O)[O-])C(CO)(CO)CO. The van der Waals surface area contributed by atoms with Gasteiger partial charge in [-0.05, 0) is 0 Å². The molecule has 0 aromatic rings. The Balaban J connectivity index is 4.58. The van der Waals surface area contributed by atoms with Crippen molar-refractivity contribution in [2.45, 2.75) is 5.54 Å². The van der Waals surface area contributed by atoms with E-state index < -0.39 is 30.4 Å². The zero-order valence-corrected chi connectivity index (χ0v) is 6.67. The van der Waals surface area contributed by atoms with E-state index in [1.165, 1.54) is 0 Å². The summed E-state index contributed by atoms with van der Waals surface area (Å²) in [5.41, 5.74) is -1.59. The lowest BCUT2D eigenvalue weighted by Gasteiger charge is -2.30. The molecule has 7 nitrogen and oxygen atoms in total. The molecule has 0 heterocycles. The highest BCUT2D eigenvalue weighted by atomic mass is 16.7. The maximum Gasteiger partial charge on any atom is 0.168 e. The average molecular weight is 180 g/mol. The summed E-state index contributed by atoms with van der Waals surface area (Å²) in [6, 6.07) is 0. The van der Waals surface area contributed by atoms with Crippen molar-refractivity contribution in [1.82, 2.24) is 5.01 Å². The maximum atomic E-state index is 10.2. The van der Waals surface area contributed by atoms with Crippen molar-refractivity contribution in [3.8, 4) is 0 Å². The molecule has 7 heteroatoms. The van der Waals surface area contributed by atoms with E-state index in [2.05, 4.69) is 0 Å². The van der Waals surface area contributed by atoms with Gasteiger partial charge in [0.1, 0.15) is 0 Å². The van der Waals surface area contributed by atoms with Crippen molar-refractivity contribution < 1.29 is 20.4 Å². The zero-order valence-electron chi connectivity index (χ0n) is 6.67. The predicted octanol–water partition coefficient (Wildman–Crippen LogP) is -2.17. The first kappa shape index (κ1) is 11.1. The average Bonchev–Trinajstić information content (AvgIpc) is 2.08. The first-order valence-corrected chi connectivity index (χ1v) is 3.25. The van der Waals surface area contributed by atoms with Crippen molar-refractivity contribution in [2.24, 2.45) is 0 Å². The quantitative estimate of drug-likeness (QED) is 0.328. The number of aliphatic hydroxyl groups is 3. The number of rotatable bonds is 5. The van der Waals surface area contributed by atoms with E-state index in [9.17, 15) is 10.1 Å². The summed E-state index contributed by atoms with van der Waals surface area (Å²) < 4.78 is 0. The molecule has 0 aliphatic carbocycles. The topological polar surface area (TPSA) is 107 Å². The van der Waals surface area contributed by atoms with Gasteiger partial charge in [0.2, 0.25) is 0 Å². The van der Waals surface area contributed by atoms with Gasteiger partial charge in [0.05, 0.1) is 26.9 Å². The van der Waals surface area contributed by atoms with E-state index in [4.69, 9.17) is 15.3 Å². The molecule has 0 radical (unpaired) electrons. The van der Waals surface area contributed by atoms with Gasteiger partial charge < -0.3 is 15.3 Å². The molecule has 0 fully saturated rings. The summed E-state index contributed by atoms with van der Waals surface area (Å²) in [4.78, 5) is 10.2. The Bertz CT molecular complexity index is 150. The van der Waals surface area contributed by atoms with E-state index in [0.717, 1.165) is 7.05 Å². The number of nitro groups is 1. The normalized spacial score (nSPS) is 11.3. The molecule has 0 saturated carbocycles. The Labute approximate surface area is 69.0 Å². The highest BCUT2D eigenvalue weighted by Gasteiger charge is 2.39. The smallest absolute Gasteiger partial charge is 0.168 e. The Morgan fingerprint density at radius 2 is 1.67 bits per heavy atom. The minimum atomic E-state index is -1.59. The number of hydrogen-bond acceptors (Lipinski definition) is 5. The number of hydrazine groups is 1. The summed E-state index contributed by atoms with van der Waals surface area (Å²) in [5, 5.41) is 36.1. The van der Waals surface area contributed by atoms with Gasteiger partial charge in [-0.15, -0.1) is 5.01 Å². The summed E-state index contributed by atoms with van der Waals surface area (Å²) in [6.45, 7) is -2.05. The van der Waals surface area contributed by atoms with Crippen LogP contribution in [-0.2, 0) is 0 Å². The minimum Gasteiger partial charge on any atom is -0.394 e. The van der Waals surface area contributed by atoms with Gasteiger partial charge in [0.25, 0.3) is 0 Å². The second-order valence-electron chi connectivity index (χ2n) is 2.46. The molecule has 0 aromatic carbocycles. The van der Waals surface area contributed by atoms with E-state index in [-0.39, 0.29) is 0 Å². The van der Waals surface area contributed by atoms with Gasteiger partial charge in [-0.25, -0.2) is 10.1 Å². The van der Waals surface area contributed by atoms with E-state index in [1.54, 1.807) is 0 Å². The fourth-order valence-electron chi connectivity index (χ4n) is 0.630. The molecule has 0 aliphatic heterocycles. The van der Waals surface area contributed by atoms with Crippen molar-refractivity contribution in [1.29, 1.82) is 0 Å². The van der Waals surface area contributed by atoms with Gasteiger partial charge in [-0.3, -0.25) is 0 Å². The molecule has 0 atom stereocenters. The van der Waals surface area contributed by atoms with Crippen molar-refractivity contribution in [3.63, 3.8) is 0 Å². The lowest BCUT2D eigenvalue weighted by atomic mass is 10.0. The summed E-state index contributed by atoms with van der Waals surface area (Å²) in [5.74, 6) is 0. The van der Waals surface area contributed by atoms with Gasteiger partial charge >= 0.3 is 0 Å². The monoisotopic (exact) mass is 180 g/mol. The molecule has 0 spiro atoms. The fourth-order valence-corrected chi connectivity index (χ4v) is 0.630. The van der Waals surface area contributed by atoms with Crippen LogP contribution >= 0.6 is 0 Å². The molecule has 0 rings (SSSR count). The molecule has 12 heavy (non-hydrogen) atoms. The molecular weight excluding hydrogens is 168 g/mol. The molecule has 0 amide bonds. The van der Waals surface area contributed by atoms with Crippen LogP contribution in [0.5, 0.6) is 0 Å². The zero-order chi connectivity index (χ0) is 9.78. The molecule has 72 valence electrons. The number of aliphatic hydroxyl groups excluding tert-OH is 3. The third-order valence-electron chi connectivity index (χ3n) is 1.81.